The Morgan fingerprint density at radius 1 is 1.12 bits per heavy atom. The number of nitrogens with one attached hydrogen (secondary N) is 1. The lowest BCUT2D eigenvalue weighted by Gasteiger charge is -2.46. The Morgan fingerprint density at radius 2 is 1.76 bits per heavy atom. The van der Waals surface area contributed by atoms with Gasteiger partial charge in [0.25, 0.3) is 5.91 Å². The number of amides is 2. The van der Waals surface area contributed by atoms with Crippen molar-refractivity contribution in [1.29, 1.82) is 0 Å². The first-order valence-electron chi connectivity index (χ1n) is 12.0. The van der Waals surface area contributed by atoms with E-state index in [9.17, 15) is 19.5 Å². The monoisotopic (exact) mass is 464 g/mol. The van der Waals surface area contributed by atoms with E-state index in [-0.39, 0.29) is 28.4 Å². The molecule has 34 heavy (non-hydrogen) atoms. The lowest BCUT2D eigenvalue weighted by atomic mass is 9.70. The van der Waals surface area contributed by atoms with E-state index < -0.39 is 17.9 Å². The predicted molar refractivity (Wildman–Crippen MR) is 133 cm³/mol. The quantitative estimate of drug-likeness (QED) is 0.611. The molecule has 2 aromatic rings. The summed E-state index contributed by atoms with van der Waals surface area (Å²) in [5.41, 5.74) is 2.70. The van der Waals surface area contributed by atoms with Gasteiger partial charge < -0.3 is 15.3 Å². The zero-order valence-electron chi connectivity index (χ0n) is 20.8. The Kier molecular flexibility index (Phi) is 7.80. The number of piperidine rings is 1. The number of carbonyl (C=O) groups excluding carboxylic acids is 2. The highest BCUT2D eigenvalue weighted by molar-refractivity contribution is 5.99. The highest BCUT2D eigenvalue weighted by atomic mass is 16.4. The molecule has 182 valence electrons. The molecule has 1 unspecified atom stereocenters. The fourth-order valence-corrected chi connectivity index (χ4v) is 4.86. The molecule has 1 saturated heterocycles. The zero-order chi connectivity index (χ0) is 25.0. The van der Waals surface area contributed by atoms with Gasteiger partial charge in [0.15, 0.2) is 0 Å². The summed E-state index contributed by atoms with van der Waals surface area (Å²) in [5.74, 6) is -1.31. The molecular formula is C28H36N2O4. The topological polar surface area (TPSA) is 86.7 Å². The van der Waals surface area contributed by atoms with Crippen molar-refractivity contribution >= 4 is 17.8 Å². The van der Waals surface area contributed by atoms with Crippen LogP contribution in [-0.4, -0.2) is 46.9 Å². The van der Waals surface area contributed by atoms with E-state index in [1.807, 2.05) is 18.7 Å². The van der Waals surface area contributed by atoms with Gasteiger partial charge in [-0.3, -0.25) is 9.59 Å². The standard InChI is InChI=1S/C28H36N2O4/c1-6-19(3)24(29-25(31)21-8-7-9-22(16-21)27(33)34)26(32)30-15-14-23(28(4,5)17-30)20-12-10-18(2)11-13-20/h7-13,16,19,23-24H,6,14-15,17H2,1-5H3,(H,29,31)(H,33,34)/t19-,23?,24-/m1/s1. The molecule has 2 amide bonds. The minimum Gasteiger partial charge on any atom is -0.478 e. The van der Waals surface area contributed by atoms with Gasteiger partial charge in [-0.1, -0.05) is 70.0 Å². The van der Waals surface area contributed by atoms with E-state index in [1.165, 1.54) is 29.3 Å². The summed E-state index contributed by atoms with van der Waals surface area (Å²) in [4.78, 5) is 39.8. The van der Waals surface area contributed by atoms with Gasteiger partial charge in [-0.15, -0.1) is 0 Å². The molecule has 1 aliphatic heterocycles. The lowest BCUT2D eigenvalue weighted by molar-refractivity contribution is -0.138. The highest BCUT2D eigenvalue weighted by Crippen LogP contribution is 2.42. The second-order valence-electron chi connectivity index (χ2n) is 10.2. The van der Waals surface area contributed by atoms with Crippen molar-refractivity contribution < 1.29 is 19.5 Å². The molecule has 3 atom stereocenters. The lowest BCUT2D eigenvalue weighted by Crippen LogP contribution is -2.56. The molecule has 1 aliphatic rings. The van der Waals surface area contributed by atoms with Crippen LogP contribution in [0.4, 0.5) is 0 Å². The summed E-state index contributed by atoms with van der Waals surface area (Å²) in [7, 11) is 0. The van der Waals surface area contributed by atoms with Crippen molar-refractivity contribution in [2.24, 2.45) is 11.3 Å². The van der Waals surface area contributed by atoms with Gasteiger partial charge in [0.05, 0.1) is 5.56 Å². The largest absolute Gasteiger partial charge is 0.478 e. The van der Waals surface area contributed by atoms with Gasteiger partial charge >= 0.3 is 5.97 Å². The van der Waals surface area contributed by atoms with Gasteiger partial charge in [-0.05, 0) is 54.4 Å². The molecule has 1 fully saturated rings. The second kappa shape index (κ2) is 10.4. The van der Waals surface area contributed by atoms with Crippen LogP contribution in [-0.2, 0) is 4.79 Å². The Hall–Kier alpha value is -3.15. The van der Waals surface area contributed by atoms with Crippen LogP contribution < -0.4 is 5.32 Å². The number of aryl methyl sites for hydroxylation is 1. The molecule has 0 bridgehead atoms. The first kappa shape index (κ1) is 25.5. The van der Waals surface area contributed by atoms with Gasteiger partial charge in [0.2, 0.25) is 5.91 Å². The maximum absolute atomic E-state index is 13.6. The summed E-state index contributed by atoms with van der Waals surface area (Å²) < 4.78 is 0. The van der Waals surface area contributed by atoms with Crippen LogP contribution in [0.25, 0.3) is 0 Å². The molecule has 1 heterocycles. The van der Waals surface area contributed by atoms with Gasteiger partial charge in [0, 0.05) is 18.7 Å². The minimum atomic E-state index is -1.09. The second-order valence-corrected chi connectivity index (χ2v) is 10.2. The third-order valence-electron chi connectivity index (χ3n) is 7.16. The van der Waals surface area contributed by atoms with Crippen molar-refractivity contribution in [2.45, 2.75) is 59.4 Å². The number of aromatic carboxylic acids is 1. The molecule has 6 nitrogen and oxygen atoms in total. The maximum Gasteiger partial charge on any atom is 0.335 e. The Labute approximate surface area is 202 Å². The summed E-state index contributed by atoms with van der Waals surface area (Å²) in [6, 6.07) is 13.9. The van der Waals surface area contributed by atoms with Crippen molar-refractivity contribution in [3.8, 4) is 0 Å². The number of hydrogen-bond donors (Lipinski definition) is 2. The van der Waals surface area contributed by atoms with Gasteiger partial charge in [-0.25, -0.2) is 4.79 Å². The van der Waals surface area contributed by atoms with E-state index in [1.54, 1.807) is 6.07 Å². The van der Waals surface area contributed by atoms with Crippen molar-refractivity contribution in [1.82, 2.24) is 10.2 Å². The molecule has 0 aromatic heterocycles. The van der Waals surface area contributed by atoms with Crippen LogP contribution in [0.1, 0.15) is 78.3 Å². The van der Waals surface area contributed by atoms with Crippen LogP contribution in [0.15, 0.2) is 48.5 Å². The molecule has 6 heteroatoms. The van der Waals surface area contributed by atoms with E-state index in [2.05, 4.69) is 50.4 Å². The smallest absolute Gasteiger partial charge is 0.335 e. The third-order valence-corrected chi connectivity index (χ3v) is 7.16. The third kappa shape index (κ3) is 5.66. The Balaban J connectivity index is 1.76. The number of benzene rings is 2. The van der Waals surface area contributed by atoms with Gasteiger partial charge in [-0.2, -0.15) is 0 Å². The predicted octanol–water partition coefficient (Wildman–Crippen LogP) is 4.88. The van der Waals surface area contributed by atoms with E-state index in [0.717, 1.165) is 12.8 Å². The Morgan fingerprint density at radius 3 is 2.35 bits per heavy atom. The summed E-state index contributed by atoms with van der Waals surface area (Å²) in [5, 5.41) is 12.1. The fourth-order valence-electron chi connectivity index (χ4n) is 4.86. The number of nitrogens with zero attached hydrogens (tertiary/aromatic N) is 1. The molecule has 2 aromatic carbocycles. The molecule has 0 aliphatic carbocycles. The van der Waals surface area contributed by atoms with Crippen LogP contribution in [0, 0.1) is 18.3 Å². The molecule has 0 spiro atoms. The summed E-state index contributed by atoms with van der Waals surface area (Å²) in [6.07, 6.45) is 1.60. The van der Waals surface area contributed by atoms with Crippen LogP contribution in [0.5, 0.6) is 0 Å². The summed E-state index contributed by atoms with van der Waals surface area (Å²) >= 11 is 0. The van der Waals surface area contributed by atoms with E-state index >= 15 is 0 Å². The van der Waals surface area contributed by atoms with E-state index in [4.69, 9.17) is 0 Å². The van der Waals surface area contributed by atoms with Crippen molar-refractivity contribution in [2.75, 3.05) is 13.1 Å². The average molecular weight is 465 g/mol. The molecule has 0 saturated carbocycles. The number of hydrogen-bond acceptors (Lipinski definition) is 3. The number of rotatable bonds is 7. The average Bonchev–Trinajstić information content (AvgIpc) is 2.81. The minimum absolute atomic E-state index is 0.0407. The molecular weight excluding hydrogens is 428 g/mol. The van der Waals surface area contributed by atoms with E-state index in [0.29, 0.717) is 19.0 Å². The number of carboxylic acids is 1. The fraction of sp³-hybridized carbons (Fsp3) is 0.464. The van der Waals surface area contributed by atoms with Crippen LogP contribution in [0.3, 0.4) is 0 Å². The maximum atomic E-state index is 13.6. The number of carboxylic acid groups (broad SMARTS) is 1. The Bertz CT molecular complexity index is 1040. The first-order chi connectivity index (χ1) is 16.0. The van der Waals surface area contributed by atoms with Crippen molar-refractivity contribution in [3.63, 3.8) is 0 Å². The van der Waals surface area contributed by atoms with Gasteiger partial charge in [0.1, 0.15) is 6.04 Å². The van der Waals surface area contributed by atoms with Crippen molar-refractivity contribution in [3.05, 3.63) is 70.8 Å². The number of likely N-dealkylation sites (tertiary alicyclic amines) is 1. The normalized spacial score (nSPS) is 19.2. The molecule has 3 rings (SSSR count). The summed E-state index contributed by atoms with van der Waals surface area (Å²) in [6.45, 7) is 11.7. The van der Waals surface area contributed by atoms with Crippen LogP contribution in [0.2, 0.25) is 0 Å². The molecule has 2 N–H and O–H groups in total. The zero-order valence-corrected chi connectivity index (χ0v) is 20.8. The number of carbonyl (C=O) groups is 3. The molecule has 0 radical (unpaired) electrons. The highest BCUT2D eigenvalue weighted by Gasteiger charge is 2.40. The first-order valence-corrected chi connectivity index (χ1v) is 12.0. The van der Waals surface area contributed by atoms with Crippen LogP contribution >= 0.6 is 0 Å². The SMILES string of the molecule is CC[C@@H](C)[C@@H](NC(=O)c1cccc(C(=O)O)c1)C(=O)N1CCC(c2ccc(C)cc2)C(C)(C)C1.